The highest BCUT2D eigenvalue weighted by Gasteiger charge is 2.13. The lowest BCUT2D eigenvalue weighted by molar-refractivity contribution is 0.0595. The van der Waals surface area contributed by atoms with E-state index < -0.39 is 5.97 Å². The highest BCUT2D eigenvalue weighted by atomic mass is 16.5. The van der Waals surface area contributed by atoms with Gasteiger partial charge in [-0.15, -0.1) is 0 Å². The van der Waals surface area contributed by atoms with Crippen molar-refractivity contribution >= 4 is 17.6 Å². The Kier molecular flexibility index (Phi) is 3.25. The minimum absolute atomic E-state index is 0.197. The van der Waals surface area contributed by atoms with Crippen LogP contribution in [0.3, 0.4) is 0 Å². The van der Waals surface area contributed by atoms with Crippen LogP contribution in [0.5, 0.6) is 0 Å². The number of hydrogen-bond acceptors (Lipinski definition) is 6. The van der Waals surface area contributed by atoms with Gasteiger partial charge >= 0.3 is 5.97 Å². The van der Waals surface area contributed by atoms with Crippen molar-refractivity contribution in [2.75, 3.05) is 12.4 Å². The number of carbonyl (C=O) groups excluding carboxylic acids is 1. The summed E-state index contributed by atoms with van der Waals surface area (Å²) in [7, 11) is 1.31. The molecule has 0 aromatic carbocycles. The lowest BCUT2D eigenvalue weighted by Crippen LogP contribution is -2.08. The number of carbonyl (C=O) groups is 1. The quantitative estimate of drug-likeness (QED) is 0.803. The maximum atomic E-state index is 11.5. The number of pyridine rings is 1. The van der Waals surface area contributed by atoms with E-state index in [0.29, 0.717) is 11.6 Å². The molecule has 0 saturated carbocycles. The first-order chi connectivity index (χ1) is 8.31. The Hall–Kier alpha value is -2.50. The zero-order valence-corrected chi connectivity index (χ0v) is 9.12. The predicted octanol–water partition coefficient (Wildman–Crippen LogP) is 1.40. The van der Waals surface area contributed by atoms with E-state index in [-0.39, 0.29) is 5.69 Å². The van der Waals surface area contributed by atoms with Gasteiger partial charge in [-0.3, -0.25) is 0 Å². The number of esters is 1. The zero-order valence-electron chi connectivity index (χ0n) is 9.12. The average molecular weight is 230 g/mol. The predicted molar refractivity (Wildman–Crippen MR) is 60.9 cm³/mol. The van der Waals surface area contributed by atoms with Gasteiger partial charge in [-0.1, -0.05) is 0 Å². The lowest BCUT2D eigenvalue weighted by atomic mass is 10.3. The van der Waals surface area contributed by atoms with Gasteiger partial charge in [0.05, 0.1) is 12.8 Å². The van der Waals surface area contributed by atoms with Crippen LogP contribution >= 0.6 is 0 Å². The number of methoxy groups -OCH3 is 1. The monoisotopic (exact) mass is 230 g/mol. The van der Waals surface area contributed by atoms with Crippen LogP contribution in [0.15, 0.2) is 36.8 Å². The van der Waals surface area contributed by atoms with Gasteiger partial charge in [-0.05, 0) is 18.2 Å². The molecule has 0 bridgehead atoms. The van der Waals surface area contributed by atoms with Crippen LogP contribution in [0.25, 0.3) is 0 Å². The van der Waals surface area contributed by atoms with E-state index in [1.165, 1.54) is 13.3 Å². The van der Waals surface area contributed by atoms with Crippen LogP contribution in [0, 0.1) is 0 Å². The number of ether oxygens (including phenoxy) is 1. The van der Waals surface area contributed by atoms with Gasteiger partial charge in [0.1, 0.15) is 0 Å². The summed E-state index contributed by atoms with van der Waals surface area (Å²) >= 11 is 0. The van der Waals surface area contributed by atoms with Gasteiger partial charge in [0.15, 0.2) is 5.69 Å². The number of nitrogens with one attached hydrogen (secondary N) is 1. The fraction of sp³-hybridized carbons (Fsp3) is 0.0909. The number of nitrogens with zero attached hydrogens (tertiary/aromatic N) is 3. The Morgan fingerprint density at radius 3 is 2.59 bits per heavy atom. The van der Waals surface area contributed by atoms with Gasteiger partial charge in [-0.2, -0.15) is 0 Å². The van der Waals surface area contributed by atoms with Crippen LogP contribution in [0.1, 0.15) is 10.5 Å². The molecular weight excluding hydrogens is 220 g/mol. The van der Waals surface area contributed by atoms with Crippen molar-refractivity contribution in [1.82, 2.24) is 15.0 Å². The fourth-order valence-corrected chi connectivity index (χ4v) is 1.25. The molecule has 2 heterocycles. The summed E-state index contributed by atoms with van der Waals surface area (Å²) in [5, 5.41) is 2.90. The van der Waals surface area contributed by atoms with Crippen molar-refractivity contribution in [2.24, 2.45) is 0 Å². The molecule has 0 spiro atoms. The van der Waals surface area contributed by atoms with Gasteiger partial charge in [-0.25, -0.2) is 19.7 Å². The molecule has 0 fully saturated rings. The Labute approximate surface area is 97.7 Å². The summed E-state index contributed by atoms with van der Waals surface area (Å²) in [5.41, 5.74) is 0.702. The molecule has 6 nitrogen and oxygen atoms in total. The molecule has 0 aliphatic heterocycles. The number of hydrogen-bond donors (Lipinski definition) is 1. The summed E-state index contributed by atoms with van der Waals surface area (Å²) < 4.78 is 4.63. The molecule has 0 saturated heterocycles. The van der Waals surface area contributed by atoms with Crippen molar-refractivity contribution in [3.05, 3.63) is 42.5 Å². The second-order valence-corrected chi connectivity index (χ2v) is 3.09. The Morgan fingerprint density at radius 1 is 1.18 bits per heavy atom. The Morgan fingerprint density at radius 2 is 1.88 bits per heavy atom. The average Bonchev–Trinajstić information content (AvgIpc) is 2.40. The van der Waals surface area contributed by atoms with Gasteiger partial charge in [0.25, 0.3) is 0 Å². The molecule has 0 radical (unpaired) electrons. The summed E-state index contributed by atoms with van der Waals surface area (Å²) in [4.78, 5) is 23.4. The zero-order chi connectivity index (χ0) is 12.1. The third-order valence-corrected chi connectivity index (χ3v) is 2.00. The topological polar surface area (TPSA) is 77.0 Å². The molecule has 2 aromatic heterocycles. The summed E-state index contributed by atoms with van der Waals surface area (Å²) in [6, 6.07) is 5.11. The molecule has 0 amide bonds. The van der Waals surface area contributed by atoms with Crippen molar-refractivity contribution in [1.29, 1.82) is 0 Å². The second kappa shape index (κ2) is 5.02. The standard InChI is InChI=1S/C11H10N4O2/c1-17-10(16)9-8(4-2-5-12-9)15-11-13-6-3-7-14-11/h2-7H,1H3,(H,13,14,15). The first-order valence-corrected chi connectivity index (χ1v) is 4.88. The molecule has 2 aromatic rings. The minimum Gasteiger partial charge on any atom is -0.464 e. The SMILES string of the molecule is COC(=O)c1ncccc1Nc1ncccn1. The first-order valence-electron chi connectivity index (χ1n) is 4.88. The Bertz CT molecular complexity index is 516. The summed E-state index contributed by atoms with van der Waals surface area (Å²) in [5.74, 6) is -0.116. The molecule has 1 N–H and O–H groups in total. The van der Waals surface area contributed by atoms with E-state index in [9.17, 15) is 4.79 Å². The Balaban J connectivity index is 2.30. The van der Waals surface area contributed by atoms with Crippen molar-refractivity contribution in [3.8, 4) is 0 Å². The van der Waals surface area contributed by atoms with Crippen molar-refractivity contribution < 1.29 is 9.53 Å². The number of anilines is 2. The first kappa shape index (κ1) is 11.0. The van der Waals surface area contributed by atoms with Crippen LogP contribution in [-0.4, -0.2) is 28.0 Å². The largest absolute Gasteiger partial charge is 0.464 e. The van der Waals surface area contributed by atoms with Gasteiger partial charge < -0.3 is 10.1 Å². The third-order valence-electron chi connectivity index (χ3n) is 2.00. The van der Waals surface area contributed by atoms with E-state index in [0.717, 1.165) is 0 Å². The highest BCUT2D eigenvalue weighted by molar-refractivity contribution is 5.93. The normalized spacial score (nSPS) is 9.71. The van der Waals surface area contributed by atoms with E-state index in [4.69, 9.17) is 0 Å². The summed E-state index contributed by atoms with van der Waals surface area (Å²) in [6.45, 7) is 0. The summed E-state index contributed by atoms with van der Waals surface area (Å²) in [6.07, 6.45) is 4.72. The molecule has 86 valence electrons. The molecule has 0 unspecified atom stereocenters. The molecular formula is C11H10N4O2. The van der Waals surface area contributed by atoms with Crippen LogP contribution < -0.4 is 5.32 Å². The molecule has 0 aliphatic carbocycles. The van der Waals surface area contributed by atoms with E-state index in [1.807, 2.05) is 0 Å². The van der Waals surface area contributed by atoms with Gasteiger partial charge in [0.2, 0.25) is 5.95 Å². The van der Waals surface area contributed by atoms with Crippen molar-refractivity contribution in [2.45, 2.75) is 0 Å². The fourth-order valence-electron chi connectivity index (χ4n) is 1.25. The molecule has 6 heteroatoms. The van der Waals surface area contributed by atoms with Gasteiger partial charge in [0, 0.05) is 18.6 Å². The number of rotatable bonds is 3. The maximum Gasteiger partial charge on any atom is 0.358 e. The molecule has 0 aliphatic rings. The highest BCUT2D eigenvalue weighted by Crippen LogP contribution is 2.16. The van der Waals surface area contributed by atoms with E-state index >= 15 is 0 Å². The second-order valence-electron chi connectivity index (χ2n) is 3.09. The lowest BCUT2D eigenvalue weighted by Gasteiger charge is -2.07. The minimum atomic E-state index is -0.510. The van der Waals surface area contributed by atoms with Crippen molar-refractivity contribution in [3.63, 3.8) is 0 Å². The van der Waals surface area contributed by atoms with E-state index in [1.54, 1.807) is 30.6 Å². The molecule has 17 heavy (non-hydrogen) atoms. The maximum absolute atomic E-state index is 11.5. The van der Waals surface area contributed by atoms with Crippen LogP contribution in [0.2, 0.25) is 0 Å². The third kappa shape index (κ3) is 2.54. The smallest absolute Gasteiger partial charge is 0.358 e. The van der Waals surface area contributed by atoms with Crippen LogP contribution in [-0.2, 0) is 4.74 Å². The van der Waals surface area contributed by atoms with E-state index in [2.05, 4.69) is 25.0 Å². The molecule has 0 atom stereocenters. The van der Waals surface area contributed by atoms with Crippen LogP contribution in [0.4, 0.5) is 11.6 Å². The number of aromatic nitrogens is 3. The molecule has 2 rings (SSSR count).